The Morgan fingerprint density at radius 3 is 2.77 bits per heavy atom. The van der Waals surface area contributed by atoms with Gasteiger partial charge in [-0.15, -0.1) is 11.3 Å². The maximum Gasteiger partial charge on any atom is 0.236 e. The van der Waals surface area contributed by atoms with Crippen LogP contribution in [0, 0.1) is 0 Å². The minimum atomic E-state index is -0.557. The molecule has 0 spiro atoms. The topological polar surface area (TPSA) is 49.4 Å². The first kappa shape index (κ1) is 14.8. The zero-order valence-electron chi connectivity index (χ0n) is 12.8. The second-order valence-electron chi connectivity index (χ2n) is 6.03. The molecule has 5 heteroatoms. The van der Waals surface area contributed by atoms with Crippen LogP contribution in [0.15, 0.2) is 35.7 Å². The van der Waals surface area contributed by atoms with Gasteiger partial charge in [-0.1, -0.05) is 6.07 Å². The lowest BCUT2D eigenvalue weighted by atomic mass is 9.86. The average Bonchev–Trinajstić information content (AvgIpc) is 3.03. The molecule has 1 aliphatic rings. The Labute approximate surface area is 133 Å². The zero-order valence-corrected chi connectivity index (χ0v) is 13.7. The number of amides is 2. The molecule has 1 aromatic carbocycles. The van der Waals surface area contributed by atoms with Gasteiger partial charge in [-0.3, -0.25) is 9.59 Å². The summed E-state index contributed by atoms with van der Waals surface area (Å²) in [5.74, 6) is 0.0300. The SMILES string of the molecule is CN1C(=O)C(C)(C)c2cc(NC(=O)Cc3cccs3)ccc21. The Kier molecular flexibility index (Phi) is 3.53. The van der Waals surface area contributed by atoms with E-state index in [0.29, 0.717) is 6.42 Å². The fraction of sp³-hybridized carbons (Fsp3) is 0.294. The third-order valence-electron chi connectivity index (χ3n) is 4.07. The highest BCUT2D eigenvalue weighted by Gasteiger charge is 2.42. The number of carbonyl (C=O) groups excluding carboxylic acids is 2. The molecule has 0 saturated carbocycles. The van der Waals surface area contributed by atoms with Gasteiger partial charge in [0.15, 0.2) is 0 Å². The molecule has 0 radical (unpaired) electrons. The summed E-state index contributed by atoms with van der Waals surface area (Å²) in [6, 6.07) is 9.53. The average molecular weight is 314 g/mol. The molecular formula is C17H18N2O2S. The standard InChI is InChI=1S/C17H18N2O2S/c1-17(2)13-9-11(6-7-14(13)19(3)16(17)21)18-15(20)10-12-5-4-8-22-12/h4-9H,10H2,1-3H3,(H,18,20). The van der Waals surface area contributed by atoms with Crippen molar-refractivity contribution in [2.75, 3.05) is 17.3 Å². The lowest BCUT2D eigenvalue weighted by Crippen LogP contribution is -2.33. The highest BCUT2D eigenvalue weighted by molar-refractivity contribution is 7.10. The molecule has 4 nitrogen and oxygen atoms in total. The monoisotopic (exact) mass is 314 g/mol. The van der Waals surface area contributed by atoms with Gasteiger partial charge >= 0.3 is 0 Å². The third-order valence-corrected chi connectivity index (χ3v) is 4.95. The summed E-state index contributed by atoms with van der Waals surface area (Å²) in [6.45, 7) is 3.82. The van der Waals surface area contributed by atoms with E-state index in [4.69, 9.17) is 0 Å². The van der Waals surface area contributed by atoms with E-state index in [0.717, 1.165) is 21.8 Å². The number of nitrogens with one attached hydrogen (secondary N) is 1. The maximum absolute atomic E-state index is 12.3. The predicted molar refractivity (Wildman–Crippen MR) is 89.5 cm³/mol. The zero-order chi connectivity index (χ0) is 15.9. The summed E-state index contributed by atoms with van der Waals surface area (Å²) >= 11 is 1.57. The molecule has 22 heavy (non-hydrogen) atoms. The van der Waals surface area contributed by atoms with Gasteiger partial charge in [0.05, 0.1) is 11.8 Å². The van der Waals surface area contributed by atoms with E-state index in [2.05, 4.69) is 5.32 Å². The van der Waals surface area contributed by atoms with Crippen LogP contribution in [0.1, 0.15) is 24.3 Å². The van der Waals surface area contributed by atoms with E-state index < -0.39 is 5.41 Å². The number of hydrogen-bond donors (Lipinski definition) is 1. The van der Waals surface area contributed by atoms with Gasteiger partial charge in [-0.2, -0.15) is 0 Å². The van der Waals surface area contributed by atoms with Crippen LogP contribution in [0.4, 0.5) is 11.4 Å². The number of rotatable bonds is 3. The number of hydrogen-bond acceptors (Lipinski definition) is 3. The Balaban J connectivity index is 1.81. The molecule has 0 aliphatic carbocycles. The first-order chi connectivity index (χ1) is 10.4. The number of nitrogens with zero attached hydrogens (tertiary/aromatic N) is 1. The lowest BCUT2D eigenvalue weighted by Gasteiger charge is -2.16. The number of anilines is 2. The number of benzene rings is 1. The molecule has 2 aromatic rings. The second-order valence-corrected chi connectivity index (χ2v) is 7.06. The fourth-order valence-corrected chi connectivity index (χ4v) is 3.53. The molecule has 1 aliphatic heterocycles. The van der Waals surface area contributed by atoms with Crippen molar-refractivity contribution >= 4 is 34.5 Å². The Morgan fingerprint density at radius 2 is 2.09 bits per heavy atom. The Hall–Kier alpha value is -2.14. The van der Waals surface area contributed by atoms with Gasteiger partial charge in [0.2, 0.25) is 11.8 Å². The van der Waals surface area contributed by atoms with Crippen LogP contribution < -0.4 is 10.2 Å². The maximum atomic E-state index is 12.3. The van der Waals surface area contributed by atoms with Crippen LogP contribution in [0.5, 0.6) is 0 Å². The van der Waals surface area contributed by atoms with Crippen molar-refractivity contribution in [2.24, 2.45) is 0 Å². The van der Waals surface area contributed by atoms with Crippen molar-refractivity contribution in [2.45, 2.75) is 25.7 Å². The molecule has 0 unspecified atom stereocenters. The summed E-state index contributed by atoms with van der Waals surface area (Å²) in [4.78, 5) is 27.1. The van der Waals surface area contributed by atoms with Crippen molar-refractivity contribution in [3.63, 3.8) is 0 Å². The smallest absolute Gasteiger partial charge is 0.236 e. The quantitative estimate of drug-likeness (QED) is 0.946. The van der Waals surface area contributed by atoms with Crippen LogP contribution in [-0.2, 0) is 21.4 Å². The molecule has 1 N–H and O–H groups in total. The minimum Gasteiger partial charge on any atom is -0.326 e. The van der Waals surface area contributed by atoms with Crippen molar-refractivity contribution in [1.29, 1.82) is 0 Å². The predicted octanol–water partition coefficient (Wildman–Crippen LogP) is 3.18. The highest BCUT2D eigenvalue weighted by Crippen LogP contribution is 2.41. The molecule has 114 valence electrons. The normalized spacial score (nSPS) is 15.8. The molecule has 3 rings (SSSR count). The van der Waals surface area contributed by atoms with Gasteiger partial charge in [-0.05, 0) is 49.1 Å². The van der Waals surface area contributed by atoms with Gasteiger partial charge in [0.25, 0.3) is 0 Å². The Bertz CT molecular complexity index is 735. The van der Waals surface area contributed by atoms with Crippen LogP contribution in [0.25, 0.3) is 0 Å². The highest BCUT2D eigenvalue weighted by atomic mass is 32.1. The van der Waals surface area contributed by atoms with Crippen LogP contribution >= 0.6 is 11.3 Å². The van der Waals surface area contributed by atoms with Crippen molar-refractivity contribution in [1.82, 2.24) is 0 Å². The summed E-state index contributed by atoms with van der Waals surface area (Å²) < 4.78 is 0. The van der Waals surface area contributed by atoms with Gasteiger partial charge in [-0.25, -0.2) is 0 Å². The number of carbonyl (C=O) groups is 2. The molecule has 0 saturated heterocycles. The number of likely N-dealkylation sites (N-methyl/N-ethyl adjacent to an activating group) is 1. The largest absolute Gasteiger partial charge is 0.326 e. The molecule has 0 atom stereocenters. The lowest BCUT2D eigenvalue weighted by molar-refractivity contribution is -0.121. The molecule has 2 amide bonds. The van der Waals surface area contributed by atoms with Gasteiger partial charge in [0, 0.05) is 23.3 Å². The summed E-state index contributed by atoms with van der Waals surface area (Å²) in [5.41, 5.74) is 2.04. The summed E-state index contributed by atoms with van der Waals surface area (Å²) in [6.07, 6.45) is 0.372. The third kappa shape index (κ3) is 2.41. The van der Waals surface area contributed by atoms with Crippen LogP contribution in [0.3, 0.4) is 0 Å². The summed E-state index contributed by atoms with van der Waals surface area (Å²) in [7, 11) is 1.78. The van der Waals surface area contributed by atoms with E-state index in [9.17, 15) is 9.59 Å². The van der Waals surface area contributed by atoms with E-state index in [1.165, 1.54) is 0 Å². The first-order valence-electron chi connectivity index (χ1n) is 7.14. The van der Waals surface area contributed by atoms with Crippen LogP contribution in [0.2, 0.25) is 0 Å². The van der Waals surface area contributed by atoms with Gasteiger partial charge in [0.1, 0.15) is 0 Å². The number of thiophene rings is 1. The number of fused-ring (bicyclic) bond motifs is 1. The molecule has 0 bridgehead atoms. The first-order valence-corrected chi connectivity index (χ1v) is 8.02. The van der Waals surface area contributed by atoms with E-state index in [-0.39, 0.29) is 11.8 Å². The fourth-order valence-electron chi connectivity index (χ4n) is 2.83. The minimum absolute atomic E-state index is 0.0436. The van der Waals surface area contributed by atoms with E-state index in [1.54, 1.807) is 23.3 Å². The van der Waals surface area contributed by atoms with E-state index >= 15 is 0 Å². The van der Waals surface area contributed by atoms with E-state index in [1.807, 2.05) is 49.6 Å². The molecule has 0 fully saturated rings. The molecule has 2 heterocycles. The second kappa shape index (κ2) is 5.25. The van der Waals surface area contributed by atoms with Gasteiger partial charge < -0.3 is 10.2 Å². The summed E-state index contributed by atoms with van der Waals surface area (Å²) in [5, 5.41) is 4.88. The molecule has 1 aromatic heterocycles. The van der Waals surface area contributed by atoms with Crippen molar-refractivity contribution < 1.29 is 9.59 Å². The van der Waals surface area contributed by atoms with Crippen LogP contribution in [-0.4, -0.2) is 18.9 Å². The van der Waals surface area contributed by atoms with Crippen molar-refractivity contribution in [3.05, 3.63) is 46.2 Å². The Morgan fingerprint density at radius 1 is 1.32 bits per heavy atom. The molecular weight excluding hydrogens is 296 g/mol. The van der Waals surface area contributed by atoms with Crippen molar-refractivity contribution in [3.8, 4) is 0 Å².